The fraction of sp³-hybridized carbons (Fsp3) is 0.556. The van der Waals surface area contributed by atoms with Gasteiger partial charge in [-0.05, 0) is 31.5 Å². The van der Waals surface area contributed by atoms with Crippen LogP contribution in [-0.2, 0) is 16.1 Å². The van der Waals surface area contributed by atoms with Crippen LogP contribution < -0.4 is 5.32 Å². The number of amides is 2. The molecule has 5 nitrogen and oxygen atoms in total. The minimum atomic E-state index is -0.189. The highest BCUT2D eigenvalue weighted by atomic mass is 16.2. The Morgan fingerprint density at radius 3 is 2.65 bits per heavy atom. The van der Waals surface area contributed by atoms with Gasteiger partial charge in [-0.3, -0.25) is 9.59 Å². The zero-order chi connectivity index (χ0) is 16.2. The average Bonchev–Trinajstić information content (AvgIpc) is 2.96. The van der Waals surface area contributed by atoms with E-state index in [1.54, 1.807) is 0 Å². The number of hydrogen-bond acceptors (Lipinski definition) is 3. The number of benzene rings is 1. The van der Waals surface area contributed by atoms with Gasteiger partial charge in [0.15, 0.2) is 0 Å². The van der Waals surface area contributed by atoms with Crippen LogP contribution in [0.3, 0.4) is 0 Å². The summed E-state index contributed by atoms with van der Waals surface area (Å²) in [5.41, 5.74) is 1.11. The molecule has 5 heteroatoms. The van der Waals surface area contributed by atoms with E-state index in [0.29, 0.717) is 25.6 Å². The molecule has 0 aliphatic carbocycles. The number of rotatable bonds is 4. The first-order valence-electron chi connectivity index (χ1n) is 8.44. The van der Waals surface area contributed by atoms with Crippen molar-refractivity contribution in [1.82, 2.24) is 15.1 Å². The molecule has 1 aromatic carbocycles. The summed E-state index contributed by atoms with van der Waals surface area (Å²) in [5, 5.41) is 3.32. The van der Waals surface area contributed by atoms with Crippen molar-refractivity contribution in [3.05, 3.63) is 35.9 Å². The first-order valence-corrected chi connectivity index (χ1v) is 8.44. The Bertz CT molecular complexity index is 555. The maximum absolute atomic E-state index is 12.7. The number of hydrogen-bond donors (Lipinski definition) is 1. The molecular weight excluding hydrogens is 290 g/mol. The topological polar surface area (TPSA) is 52.7 Å². The molecule has 2 heterocycles. The lowest BCUT2D eigenvalue weighted by Crippen LogP contribution is -2.46. The van der Waals surface area contributed by atoms with Crippen LogP contribution in [0.2, 0.25) is 0 Å². The number of carbonyl (C=O) groups is 2. The Balaban J connectivity index is 1.59. The predicted octanol–water partition coefficient (Wildman–Crippen LogP) is 1.25. The average molecular weight is 315 g/mol. The van der Waals surface area contributed by atoms with Crippen molar-refractivity contribution in [2.24, 2.45) is 5.92 Å². The van der Waals surface area contributed by atoms with Gasteiger partial charge in [-0.25, -0.2) is 0 Å². The quantitative estimate of drug-likeness (QED) is 0.910. The van der Waals surface area contributed by atoms with Gasteiger partial charge in [0.2, 0.25) is 11.8 Å². The van der Waals surface area contributed by atoms with E-state index >= 15 is 0 Å². The molecule has 0 spiro atoms. The summed E-state index contributed by atoms with van der Waals surface area (Å²) in [4.78, 5) is 28.6. The van der Waals surface area contributed by atoms with Crippen molar-refractivity contribution in [3.63, 3.8) is 0 Å². The number of nitrogens with one attached hydrogen (secondary N) is 1. The summed E-state index contributed by atoms with van der Waals surface area (Å²) in [6.45, 7) is 3.07. The second-order valence-electron chi connectivity index (χ2n) is 6.59. The smallest absolute Gasteiger partial charge is 0.227 e. The third-order valence-electron chi connectivity index (χ3n) is 4.98. The van der Waals surface area contributed by atoms with E-state index in [-0.39, 0.29) is 17.7 Å². The van der Waals surface area contributed by atoms with Gasteiger partial charge in [-0.2, -0.15) is 0 Å². The number of nitrogens with zero attached hydrogens (tertiary/aromatic N) is 2. The lowest BCUT2D eigenvalue weighted by atomic mass is 10.0. The summed E-state index contributed by atoms with van der Waals surface area (Å²) in [6.07, 6.45) is 2.34. The molecule has 1 N–H and O–H groups in total. The molecule has 2 aliphatic heterocycles. The molecule has 2 amide bonds. The van der Waals surface area contributed by atoms with Gasteiger partial charge >= 0.3 is 0 Å². The normalized spacial score (nSPS) is 22.4. The first kappa shape index (κ1) is 16.0. The fourth-order valence-electron chi connectivity index (χ4n) is 3.56. The Hall–Kier alpha value is -1.88. The van der Waals surface area contributed by atoms with E-state index in [4.69, 9.17) is 0 Å². The minimum absolute atomic E-state index is 0.0888. The Morgan fingerprint density at radius 2 is 1.96 bits per heavy atom. The molecule has 0 saturated carbocycles. The molecule has 2 aliphatic rings. The largest absolute Gasteiger partial charge is 0.342 e. The van der Waals surface area contributed by atoms with Crippen LogP contribution in [-0.4, -0.2) is 54.3 Å². The van der Waals surface area contributed by atoms with Gasteiger partial charge < -0.3 is 15.1 Å². The van der Waals surface area contributed by atoms with E-state index in [0.717, 1.165) is 31.5 Å². The molecule has 124 valence electrons. The van der Waals surface area contributed by atoms with E-state index in [9.17, 15) is 9.59 Å². The molecule has 1 atom stereocenters. The zero-order valence-electron chi connectivity index (χ0n) is 13.7. The molecule has 0 bridgehead atoms. The predicted molar refractivity (Wildman–Crippen MR) is 88.6 cm³/mol. The van der Waals surface area contributed by atoms with E-state index < -0.39 is 0 Å². The van der Waals surface area contributed by atoms with Crippen LogP contribution >= 0.6 is 0 Å². The number of piperidine rings is 1. The Morgan fingerprint density at radius 1 is 1.26 bits per heavy atom. The lowest BCUT2D eigenvalue weighted by Gasteiger charge is -2.33. The summed E-state index contributed by atoms with van der Waals surface area (Å²) >= 11 is 0. The number of carbonyl (C=O) groups excluding carboxylic acids is 2. The van der Waals surface area contributed by atoms with Crippen LogP contribution in [0, 0.1) is 5.92 Å². The van der Waals surface area contributed by atoms with Crippen LogP contribution in [0.1, 0.15) is 24.8 Å². The summed E-state index contributed by atoms with van der Waals surface area (Å²) < 4.78 is 0. The van der Waals surface area contributed by atoms with Crippen LogP contribution in [0.5, 0.6) is 0 Å². The summed E-state index contributed by atoms with van der Waals surface area (Å²) in [6, 6.07) is 10.3. The molecule has 1 aromatic rings. The van der Waals surface area contributed by atoms with Crippen molar-refractivity contribution in [3.8, 4) is 0 Å². The van der Waals surface area contributed by atoms with Crippen molar-refractivity contribution >= 4 is 11.8 Å². The van der Waals surface area contributed by atoms with Crippen LogP contribution in [0.15, 0.2) is 30.3 Å². The maximum Gasteiger partial charge on any atom is 0.227 e. The van der Waals surface area contributed by atoms with Gasteiger partial charge in [0.1, 0.15) is 0 Å². The van der Waals surface area contributed by atoms with Gasteiger partial charge in [-0.15, -0.1) is 0 Å². The molecule has 23 heavy (non-hydrogen) atoms. The monoisotopic (exact) mass is 315 g/mol. The molecule has 2 fully saturated rings. The van der Waals surface area contributed by atoms with Crippen molar-refractivity contribution < 1.29 is 9.59 Å². The van der Waals surface area contributed by atoms with Crippen LogP contribution in [0.25, 0.3) is 0 Å². The Kier molecular flexibility index (Phi) is 4.96. The minimum Gasteiger partial charge on any atom is -0.342 e. The van der Waals surface area contributed by atoms with Crippen molar-refractivity contribution in [1.29, 1.82) is 0 Å². The second-order valence-corrected chi connectivity index (χ2v) is 6.59. The lowest BCUT2D eigenvalue weighted by molar-refractivity contribution is -0.137. The van der Waals surface area contributed by atoms with Gasteiger partial charge in [0.25, 0.3) is 0 Å². The zero-order valence-corrected chi connectivity index (χ0v) is 13.7. The summed E-state index contributed by atoms with van der Waals surface area (Å²) in [7, 11) is 1.89. The third kappa shape index (κ3) is 3.72. The molecule has 1 unspecified atom stereocenters. The SMILES string of the molecule is CN(C(=O)C1CC(=O)N(Cc2ccccc2)C1)C1CCNCC1. The highest BCUT2D eigenvalue weighted by molar-refractivity contribution is 5.89. The van der Waals surface area contributed by atoms with E-state index in [2.05, 4.69) is 5.32 Å². The summed E-state index contributed by atoms with van der Waals surface area (Å²) in [5.74, 6) is 0.0258. The molecular formula is C18H25N3O2. The van der Waals surface area contributed by atoms with E-state index in [1.165, 1.54) is 0 Å². The molecule has 3 rings (SSSR count). The number of likely N-dealkylation sites (tertiary alicyclic amines) is 1. The first-order chi connectivity index (χ1) is 11.1. The van der Waals surface area contributed by atoms with Gasteiger partial charge in [-0.1, -0.05) is 30.3 Å². The van der Waals surface area contributed by atoms with Gasteiger partial charge in [0, 0.05) is 32.6 Å². The molecule has 0 radical (unpaired) electrons. The highest BCUT2D eigenvalue weighted by Crippen LogP contribution is 2.23. The Labute approximate surface area is 137 Å². The van der Waals surface area contributed by atoms with Crippen molar-refractivity contribution in [2.45, 2.75) is 31.8 Å². The maximum atomic E-state index is 12.7. The van der Waals surface area contributed by atoms with E-state index in [1.807, 2.05) is 47.2 Å². The molecule has 2 saturated heterocycles. The standard InChI is InChI=1S/C18H25N3O2/c1-20(16-7-9-19-10-8-16)18(23)15-11-17(22)21(13-15)12-14-5-3-2-4-6-14/h2-6,15-16,19H,7-13H2,1H3. The van der Waals surface area contributed by atoms with Gasteiger partial charge in [0.05, 0.1) is 5.92 Å². The third-order valence-corrected chi connectivity index (χ3v) is 4.98. The second kappa shape index (κ2) is 7.13. The van der Waals surface area contributed by atoms with Crippen LogP contribution in [0.4, 0.5) is 0 Å². The fourth-order valence-corrected chi connectivity index (χ4v) is 3.56. The molecule has 0 aromatic heterocycles. The highest BCUT2D eigenvalue weighted by Gasteiger charge is 2.37. The van der Waals surface area contributed by atoms with Crippen molar-refractivity contribution in [2.75, 3.05) is 26.7 Å².